The maximum atomic E-state index is 5.61. The van der Waals surface area contributed by atoms with Gasteiger partial charge in [0, 0.05) is 19.1 Å². The summed E-state index contributed by atoms with van der Waals surface area (Å²) in [7, 11) is 0. The molecule has 1 heterocycles. The Morgan fingerprint density at radius 3 is 2.88 bits per heavy atom. The molecule has 0 saturated carbocycles. The van der Waals surface area contributed by atoms with Gasteiger partial charge in [0.25, 0.3) is 0 Å². The highest BCUT2D eigenvalue weighted by molar-refractivity contribution is 5.20. The van der Waals surface area contributed by atoms with Gasteiger partial charge in [-0.3, -0.25) is 0 Å². The number of piperidine rings is 1. The maximum absolute atomic E-state index is 5.61. The Labute approximate surface area is 104 Å². The molecule has 0 spiro atoms. The van der Waals surface area contributed by atoms with Gasteiger partial charge in [-0.25, -0.2) is 0 Å². The number of ether oxygens (including phenoxy) is 1. The molecule has 0 aliphatic carbocycles. The van der Waals surface area contributed by atoms with Crippen LogP contribution in [0.15, 0.2) is 30.3 Å². The Kier molecular flexibility index (Phi) is 5.33. The molecule has 0 radical (unpaired) electrons. The molecule has 2 rings (SSSR count). The van der Waals surface area contributed by atoms with Crippen molar-refractivity contribution in [3.63, 3.8) is 0 Å². The first-order valence-electron chi connectivity index (χ1n) is 6.57. The molecule has 0 amide bonds. The summed E-state index contributed by atoms with van der Waals surface area (Å²) >= 11 is 0. The van der Waals surface area contributed by atoms with Gasteiger partial charge in [0.2, 0.25) is 0 Å². The van der Waals surface area contributed by atoms with Crippen LogP contribution < -0.4 is 15.4 Å². The van der Waals surface area contributed by atoms with Gasteiger partial charge in [-0.2, -0.15) is 0 Å². The van der Waals surface area contributed by atoms with Crippen LogP contribution in [0.2, 0.25) is 0 Å². The Balaban J connectivity index is 1.51. The highest BCUT2D eigenvalue weighted by Gasteiger charge is 2.10. The molecule has 1 fully saturated rings. The first-order valence-corrected chi connectivity index (χ1v) is 6.57. The molecule has 1 aliphatic heterocycles. The second-order valence-corrected chi connectivity index (χ2v) is 4.51. The molecule has 1 aromatic carbocycles. The minimum absolute atomic E-state index is 0.653. The number of benzene rings is 1. The summed E-state index contributed by atoms with van der Waals surface area (Å²) in [5.41, 5.74) is 0. The van der Waals surface area contributed by atoms with E-state index in [1.807, 2.05) is 30.3 Å². The molecule has 1 unspecified atom stereocenters. The average molecular weight is 234 g/mol. The third kappa shape index (κ3) is 4.75. The summed E-state index contributed by atoms with van der Waals surface area (Å²) in [4.78, 5) is 0. The molecule has 2 N–H and O–H groups in total. The van der Waals surface area contributed by atoms with E-state index in [2.05, 4.69) is 10.6 Å². The maximum Gasteiger partial charge on any atom is 0.119 e. The van der Waals surface area contributed by atoms with E-state index < -0.39 is 0 Å². The topological polar surface area (TPSA) is 33.3 Å². The number of hydrogen-bond acceptors (Lipinski definition) is 3. The summed E-state index contributed by atoms with van der Waals surface area (Å²) in [6.45, 7) is 3.87. The lowest BCUT2D eigenvalue weighted by Crippen LogP contribution is -2.42. The molecule has 1 aromatic rings. The summed E-state index contributed by atoms with van der Waals surface area (Å²) < 4.78 is 5.61. The molecular weight excluding hydrogens is 212 g/mol. The zero-order chi connectivity index (χ0) is 11.8. The van der Waals surface area contributed by atoms with E-state index in [1.54, 1.807) is 0 Å². The summed E-state index contributed by atoms with van der Waals surface area (Å²) in [5.74, 6) is 0.949. The molecule has 17 heavy (non-hydrogen) atoms. The van der Waals surface area contributed by atoms with Gasteiger partial charge in [-0.1, -0.05) is 24.6 Å². The molecule has 1 saturated heterocycles. The first kappa shape index (κ1) is 12.4. The van der Waals surface area contributed by atoms with E-state index >= 15 is 0 Å². The Morgan fingerprint density at radius 1 is 1.24 bits per heavy atom. The monoisotopic (exact) mass is 234 g/mol. The van der Waals surface area contributed by atoms with Crippen LogP contribution in [-0.2, 0) is 0 Å². The summed E-state index contributed by atoms with van der Waals surface area (Å²) in [5, 5.41) is 6.96. The van der Waals surface area contributed by atoms with Crippen LogP contribution in [0.3, 0.4) is 0 Å². The van der Waals surface area contributed by atoms with Crippen LogP contribution in [-0.4, -0.2) is 32.3 Å². The third-order valence-electron chi connectivity index (χ3n) is 3.09. The van der Waals surface area contributed by atoms with Crippen molar-refractivity contribution >= 4 is 0 Å². The van der Waals surface area contributed by atoms with Gasteiger partial charge in [-0.15, -0.1) is 0 Å². The molecule has 94 valence electrons. The third-order valence-corrected chi connectivity index (χ3v) is 3.09. The van der Waals surface area contributed by atoms with Crippen LogP contribution in [0.4, 0.5) is 0 Å². The highest BCUT2D eigenvalue weighted by Crippen LogP contribution is 2.07. The van der Waals surface area contributed by atoms with Crippen molar-refractivity contribution in [2.75, 3.05) is 26.2 Å². The van der Waals surface area contributed by atoms with Crippen molar-refractivity contribution < 1.29 is 4.74 Å². The molecule has 0 bridgehead atoms. The minimum atomic E-state index is 0.653. The lowest BCUT2D eigenvalue weighted by Gasteiger charge is -2.23. The minimum Gasteiger partial charge on any atom is -0.492 e. The SMILES string of the molecule is c1ccc(OCCNCC2CCCCN2)cc1. The number of para-hydroxylation sites is 1. The molecule has 3 heteroatoms. The smallest absolute Gasteiger partial charge is 0.119 e. The van der Waals surface area contributed by atoms with Crippen LogP contribution in [0, 0.1) is 0 Å². The van der Waals surface area contributed by atoms with Crippen molar-refractivity contribution in [2.24, 2.45) is 0 Å². The number of rotatable bonds is 6. The Hall–Kier alpha value is -1.06. The van der Waals surface area contributed by atoms with Crippen LogP contribution >= 0.6 is 0 Å². The lowest BCUT2D eigenvalue weighted by atomic mass is 10.1. The predicted molar refractivity (Wildman–Crippen MR) is 70.4 cm³/mol. The van der Waals surface area contributed by atoms with Crippen molar-refractivity contribution in [3.05, 3.63) is 30.3 Å². The van der Waals surface area contributed by atoms with Gasteiger partial charge in [-0.05, 0) is 31.5 Å². The van der Waals surface area contributed by atoms with E-state index in [0.717, 1.165) is 25.4 Å². The largest absolute Gasteiger partial charge is 0.492 e. The van der Waals surface area contributed by atoms with E-state index in [-0.39, 0.29) is 0 Å². The second kappa shape index (κ2) is 7.30. The van der Waals surface area contributed by atoms with Gasteiger partial charge in [0.1, 0.15) is 12.4 Å². The Bertz CT molecular complexity index is 296. The zero-order valence-electron chi connectivity index (χ0n) is 10.3. The Morgan fingerprint density at radius 2 is 2.12 bits per heavy atom. The van der Waals surface area contributed by atoms with Crippen molar-refractivity contribution in [1.82, 2.24) is 10.6 Å². The molecule has 1 atom stereocenters. The van der Waals surface area contributed by atoms with Crippen molar-refractivity contribution in [3.8, 4) is 5.75 Å². The zero-order valence-corrected chi connectivity index (χ0v) is 10.3. The van der Waals surface area contributed by atoms with Crippen LogP contribution in [0.25, 0.3) is 0 Å². The van der Waals surface area contributed by atoms with E-state index in [4.69, 9.17) is 4.74 Å². The van der Waals surface area contributed by atoms with Crippen LogP contribution in [0.1, 0.15) is 19.3 Å². The first-order chi connectivity index (χ1) is 8.45. The molecule has 1 aliphatic rings. The standard InChI is InChI=1S/C14H22N2O/c1-2-7-14(8-3-1)17-11-10-15-12-13-6-4-5-9-16-13/h1-3,7-8,13,15-16H,4-6,9-12H2. The molecule has 3 nitrogen and oxygen atoms in total. The average Bonchev–Trinajstić information content (AvgIpc) is 2.41. The summed E-state index contributed by atoms with van der Waals surface area (Å²) in [6, 6.07) is 10.6. The van der Waals surface area contributed by atoms with E-state index in [9.17, 15) is 0 Å². The quantitative estimate of drug-likeness (QED) is 0.736. The normalized spacial score (nSPS) is 20.1. The summed E-state index contributed by atoms with van der Waals surface area (Å²) in [6.07, 6.45) is 3.99. The molecule has 0 aromatic heterocycles. The van der Waals surface area contributed by atoms with E-state index in [0.29, 0.717) is 6.04 Å². The lowest BCUT2D eigenvalue weighted by molar-refractivity contribution is 0.304. The van der Waals surface area contributed by atoms with Gasteiger partial charge in [0.15, 0.2) is 0 Å². The fraction of sp³-hybridized carbons (Fsp3) is 0.571. The fourth-order valence-electron chi connectivity index (χ4n) is 2.13. The van der Waals surface area contributed by atoms with Gasteiger partial charge < -0.3 is 15.4 Å². The fourth-order valence-corrected chi connectivity index (χ4v) is 2.13. The second-order valence-electron chi connectivity index (χ2n) is 4.51. The predicted octanol–water partition coefficient (Wildman–Crippen LogP) is 1.80. The van der Waals surface area contributed by atoms with Gasteiger partial charge >= 0.3 is 0 Å². The number of hydrogen-bond donors (Lipinski definition) is 2. The highest BCUT2D eigenvalue weighted by atomic mass is 16.5. The van der Waals surface area contributed by atoms with Crippen molar-refractivity contribution in [1.29, 1.82) is 0 Å². The molecular formula is C14H22N2O. The van der Waals surface area contributed by atoms with Gasteiger partial charge in [0.05, 0.1) is 0 Å². The van der Waals surface area contributed by atoms with E-state index in [1.165, 1.54) is 25.8 Å². The van der Waals surface area contributed by atoms with Crippen LogP contribution in [0.5, 0.6) is 5.75 Å². The number of nitrogens with one attached hydrogen (secondary N) is 2. The van der Waals surface area contributed by atoms with Crippen molar-refractivity contribution in [2.45, 2.75) is 25.3 Å².